The lowest BCUT2D eigenvalue weighted by Gasteiger charge is -2.32. The number of carbonyl (C=O) groups excluding carboxylic acids is 2. The van der Waals surface area contributed by atoms with E-state index in [1.165, 1.54) is 0 Å². The van der Waals surface area contributed by atoms with Crippen molar-refractivity contribution in [3.63, 3.8) is 0 Å². The molecule has 23 heavy (non-hydrogen) atoms. The maximum Gasteiger partial charge on any atom is 0.234 e. The summed E-state index contributed by atoms with van der Waals surface area (Å²) in [7, 11) is 0. The van der Waals surface area contributed by atoms with Crippen molar-refractivity contribution in [1.29, 1.82) is 0 Å². The lowest BCUT2D eigenvalue weighted by atomic mass is 10.0. The fourth-order valence-corrected chi connectivity index (χ4v) is 2.84. The molecule has 0 aromatic heterocycles. The van der Waals surface area contributed by atoms with E-state index < -0.39 is 0 Å². The number of nitrogens with zero attached hydrogens (tertiary/aromatic N) is 1. The molecule has 0 radical (unpaired) electrons. The van der Waals surface area contributed by atoms with Gasteiger partial charge >= 0.3 is 0 Å². The molecular formula is C16H22ClN3O3. The minimum absolute atomic E-state index is 0.132. The number of primary amides is 1. The summed E-state index contributed by atoms with van der Waals surface area (Å²) < 4.78 is 5.50. The number of carbonyl (C=O) groups is 2. The molecule has 1 atom stereocenters. The van der Waals surface area contributed by atoms with Gasteiger partial charge in [-0.05, 0) is 37.6 Å². The van der Waals surface area contributed by atoms with Gasteiger partial charge in [0.2, 0.25) is 11.8 Å². The van der Waals surface area contributed by atoms with Gasteiger partial charge in [-0.2, -0.15) is 0 Å². The minimum atomic E-state index is -0.359. The van der Waals surface area contributed by atoms with Gasteiger partial charge in [-0.3, -0.25) is 14.5 Å². The number of nitrogens with two attached hydrogens (primary N) is 1. The van der Waals surface area contributed by atoms with Crippen molar-refractivity contribution >= 4 is 23.4 Å². The molecule has 7 heteroatoms. The molecule has 126 valence electrons. The molecular weight excluding hydrogens is 318 g/mol. The third-order valence-electron chi connectivity index (χ3n) is 3.78. The van der Waals surface area contributed by atoms with E-state index in [0.29, 0.717) is 23.9 Å². The summed E-state index contributed by atoms with van der Waals surface area (Å²) >= 11 is 5.86. The van der Waals surface area contributed by atoms with Crippen LogP contribution in [0.2, 0.25) is 5.02 Å². The maximum absolute atomic E-state index is 12.0. The molecule has 0 spiro atoms. The van der Waals surface area contributed by atoms with Crippen LogP contribution in [0.1, 0.15) is 19.3 Å². The highest BCUT2D eigenvalue weighted by molar-refractivity contribution is 6.30. The minimum Gasteiger partial charge on any atom is -0.492 e. The van der Waals surface area contributed by atoms with Crippen LogP contribution in [0.15, 0.2) is 24.3 Å². The highest BCUT2D eigenvalue weighted by atomic mass is 35.5. The second kappa shape index (κ2) is 8.74. The van der Waals surface area contributed by atoms with Crippen molar-refractivity contribution in [3.05, 3.63) is 29.3 Å². The second-order valence-corrected chi connectivity index (χ2v) is 5.98. The van der Waals surface area contributed by atoms with Crippen LogP contribution < -0.4 is 15.8 Å². The van der Waals surface area contributed by atoms with Gasteiger partial charge in [0.25, 0.3) is 0 Å². The smallest absolute Gasteiger partial charge is 0.234 e. The number of piperidine rings is 1. The maximum atomic E-state index is 12.0. The van der Waals surface area contributed by atoms with Crippen LogP contribution in [0.4, 0.5) is 0 Å². The molecule has 2 amide bonds. The first-order chi connectivity index (χ1) is 11.1. The number of hydrogen-bond acceptors (Lipinski definition) is 4. The summed E-state index contributed by atoms with van der Waals surface area (Å²) in [5, 5.41) is 3.39. The van der Waals surface area contributed by atoms with E-state index in [1.807, 2.05) is 4.90 Å². The van der Waals surface area contributed by atoms with Crippen LogP contribution in [0.25, 0.3) is 0 Å². The van der Waals surface area contributed by atoms with Gasteiger partial charge in [-0.1, -0.05) is 24.1 Å². The SMILES string of the molecule is NC(=O)C1CCCCN1CC(=O)NCCOc1cccc(Cl)c1. The van der Waals surface area contributed by atoms with Crippen molar-refractivity contribution in [2.24, 2.45) is 5.73 Å². The number of amides is 2. The standard InChI is InChI=1S/C16H22ClN3O3/c17-12-4-3-5-13(10-12)23-9-7-19-15(21)11-20-8-2-1-6-14(20)16(18)22/h3-5,10,14H,1-2,6-9,11H2,(H2,18,22)(H,19,21). The molecule has 6 nitrogen and oxygen atoms in total. The van der Waals surface area contributed by atoms with E-state index in [-0.39, 0.29) is 24.4 Å². The Morgan fingerprint density at radius 3 is 2.96 bits per heavy atom. The third-order valence-corrected chi connectivity index (χ3v) is 4.01. The van der Waals surface area contributed by atoms with Gasteiger partial charge in [-0.25, -0.2) is 0 Å². The van der Waals surface area contributed by atoms with E-state index >= 15 is 0 Å². The molecule has 0 saturated carbocycles. The zero-order valence-corrected chi connectivity index (χ0v) is 13.7. The molecule has 1 aliphatic heterocycles. The van der Waals surface area contributed by atoms with Gasteiger partial charge in [-0.15, -0.1) is 0 Å². The van der Waals surface area contributed by atoms with E-state index in [2.05, 4.69) is 5.32 Å². The first kappa shape index (κ1) is 17.6. The number of halogens is 1. The number of nitrogens with one attached hydrogen (secondary N) is 1. The van der Waals surface area contributed by atoms with Crippen LogP contribution in [0.3, 0.4) is 0 Å². The highest BCUT2D eigenvalue weighted by Crippen LogP contribution is 2.17. The summed E-state index contributed by atoms with van der Waals surface area (Å²) in [5.74, 6) is 0.172. The van der Waals surface area contributed by atoms with Gasteiger partial charge in [0.1, 0.15) is 12.4 Å². The molecule has 1 heterocycles. The Morgan fingerprint density at radius 2 is 2.22 bits per heavy atom. The van der Waals surface area contributed by atoms with Crippen molar-refractivity contribution < 1.29 is 14.3 Å². The zero-order valence-electron chi connectivity index (χ0n) is 13.0. The molecule has 1 saturated heterocycles. The van der Waals surface area contributed by atoms with E-state index in [9.17, 15) is 9.59 Å². The Hall–Kier alpha value is -1.79. The van der Waals surface area contributed by atoms with Crippen LogP contribution in [0, 0.1) is 0 Å². The third kappa shape index (κ3) is 5.73. The molecule has 1 unspecified atom stereocenters. The van der Waals surface area contributed by atoms with Gasteiger partial charge in [0.15, 0.2) is 0 Å². The predicted octanol–water partition coefficient (Wildman–Crippen LogP) is 1.17. The zero-order chi connectivity index (χ0) is 16.7. The fraction of sp³-hybridized carbons (Fsp3) is 0.500. The molecule has 1 aromatic rings. The van der Waals surface area contributed by atoms with Crippen LogP contribution >= 0.6 is 11.6 Å². The predicted molar refractivity (Wildman–Crippen MR) is 88.4 cm³/mol. The first-order valence-electron chi connectivity index (χ1n) is 7.74. The van der Waals surface area contributed by atoms with Crippen molar-refractivity contribution in [2.75, 3.05) is 26.2 Å². The Labute approximate surface area is 140 Å². The fourth-order valence-electron chi connectivity index (χ4n) is 2.66. The van der Waals surface area contributed by atoms with Crippen molar-refractivity contribution in [1.82, 2.24) is 10.2 Å². The molecule has 2 rings (SSSR count). The summed E-state index contributed by atoms with van der Waals surface area (Å²) in [4.78, 5) is 25.2. The Kier molecular flexibility index (Phi) is 6.67. The number of benzene rings is 1. The van der Waals surface area contributed by atoms with Crippen molar-refractivity contribution in [3.8, 4) is 5.75 Å². The summed E-state index contributed by atoms with van der Waals surface area (Å²) in [5.41, 5.74) is 5.39. The number of rotatable bonds is 7. The van der Waals surface area contributed by atoms with Crippen LogP contribution in [0.5, 0.6) is 5.75 Å². The normalized spacial score (nSPS) is 18.4. The molecule has 0 aliphatic carbocycles. The number of hydrogen-bond donors (Lipinski definition) is 2. The lowest BCUT2D eigenvalue weighted by Crippen LogP contribution is -2.51. The molecule has 0 bridgehead atoms. The summed E-state index contributed by atoms with van der Waals surface area (Å²) in [6.07, 6.45) is 2.68. The van der Waals surface area contributed by atoms with E-state index in [1.54, 1.807) is 24.3 Å². The largest absolute Gasteiger partial charge is 0.492 e. The van der Waals surface area contributed by atoms with Gasteiger partial charge < -0.3 is 15.8 Å². The Bertz CT molecular complexity index is 553. The van der Waals surface area contributed by atoms with Crippen LogP contribution in [-0.4, -0.2) is 49.0 Å². The Balaban J connectivity index is 1.69. The molecule has 1 fully saturated rings. The van der Waals surface area contributed by atoms with Crippen molar-refractivity contribution in [2.45, 2.75) is 25.3 Å². The molecule has 1 aliphatic rings. The topological polar surface area (TPSA) is 84.7 Å². The summed E-state index contributed by atoms with van der Waals surface area (Å²) in [6, 6.07) is 6.76. The van der Waals surface area contributed by atoms with Crippen LogP contribution in [-0.2, 0) is 9.59 Å². The highest BCUT2D eigenvalue weighted by Gasteiger charge is 2.28. The lowest BCUT2D eigenvalue weighted by molar-refractivity contribution is -0.128. The average Bonchev–Trinajstić information content (AvgIpc) is 2.52. The van der Waals surface area contributed by atoms with E-state index in [4.69, 9.17) is 22.1 Å². The first-order valence-corrected chi connectivity index (χ1v) is 8.12. The molecule has 3 N–H and O–H groups in total. The average molecular weight is 340 g/mol. The molecule has 1 aromatic carbocycles. The number of ether oxygens (including phenoxy) is 1. The second-order valence-electron chi connectivity index (χ2n) is 5.54. The number of likely N-dealkylation sites (tertiary alicyclic amines) is 1. The monoisotopic (exact) mass is 339 g/mol. The van der Waals surface area contributed by atoms with Gasteiger partial charge in [0.05, 0.1) is 19.1 Å². The summed E-state index contributed by atoms with van der Waals surface area (Å²) in [6.45, 7) is 1.65. The quantitative estimate of drug-likeness (QED) is 0.730. The Morgan fingerprint density at radius 1 is 1.39 bits per heavy atom. The van der Waals surface area contributed by atoms with E-state index in [0.717, 1.165) is 25.8 Å². The van der Waals surface area contributed by atoms with Gasteiger partial charge in [0, 0.05) is 5.02 Å².